The van der Waals surface area contributed by atoms with E-state index in [1.165, 1.54) is 0 Å². The van der Waals surface area contributed by atoms with Crippen molar-refractivity contribution in [2.75, 3.05) is 7.05 Å². The van der Waals surface area contributed by atoms with Crippen molar-refractivity contribution in [1.82, 2.24) is 14.7 Å². The molecule has 0 N–H and O–H groups in total. The van der Waals surface area contributed by atoms with E-state index in [9.17, 15) is 4.79 Å². The van der Waals surface area contributed by atoms with Gasteiger partial charge in [0.25, 0.3) is 5.91 Å². The van der Waals surface area contributed by atoms with Crippen LogP contribution in [-0.2, 0) is 20.2 Å². The molecule has 0 aliphatic carbocycles. The fraction of sp³-hybridized carbons (Fsp3) is 0.200. The number of nitrogens with zero attached hydrogens (tertiary/aromatic N) is 3. The molecule has 1 aromatic heterocycles. The normalized spacial score (nSPS) is 10.8. The summed E-state index contributed by atoms with van der Waals surface area (Å²) >= 11 is 18.3. The number of hydrogen-bond donors (Lipinski definition) is 0. The molecule has 0 fully saturated rings. The first-order chi connectivity index (χ1) is 13.4. The summed E-state index contributed by atoms with van der Waals surface area (Å²) in [7, 11) is 3.51. The maximum atomic E-state index is 12.8. The largest absolute Gasteiger partial charge is 0.487 e. The third-order valence-corrected chi connectivity index (χ3v) is 5.35. The van der Waals surface area contributed by atoms with Crippen LogP contribution < -0.4 is 4.74 Å². The second-order valence-electron chi connectivity index (χ2n) is 6.27. The monoisotopic (exact) mass is 437 g/mol. The lowest BCUT2D eigenvalue weighted by atomic mass is 10.1. The molecule has 3 rings (SSSR count). The quantitative estimate of drug-likeness (QED) is 0.529. The SMILES string of the molecule is CN(Cc1c(Cl)cnn1C)C(=O)c1cccc(COc2cccc(Cl)c2Cl)c1. The lowest BCUT2D eigenvalue weighted by Gasteiger charge is -2.18. The fourth-order valence-corrected chi connectivity index (χ4v) is 3.25. The zero-order chi connectivity index (χ0) is 20.3. The van der Waals surface area contributed by atoms with E-state index in [4.69, 9.17) is 39.5 Å². The molecule has 5 nitrogen and oxygen atoms in total. The number of carbonyl (C=O) groups is 1. The van der Waals surface area contributed by atoms with Crippen molar-refractivity contribution in [2.24, 2.45) is 7.05 Å². The van der Waals surface area contributed by atoms with Gasteiger partial charge in [-0.15, -0.1) is 0 Å². The van der Waals surface area contributed by atoms with Gasteiger partial charge < -0.3 is 9.64 Å². The Bertz CT molecular complexity index is 985. The molecule has 3 aromatic rings. The summed E-state index contributed by atoms with van der Waals surface area (Å²) < 4.78 is 7.40. The molecule has 8 heteroatoms. The first-order valence-corrected chi connectivity index (χ1v) is 9.57. The van der Waals surface area contributed by atoms with Crippen LogP contribution in [0.2, 0.25) is 15.1 Å². The highest BCUT2D eigenvalue weighted by molar-refractivity contribution is 6.42. The standard InChI is InChI=1S/C20H18Cl3N3O2/c1-25(11-17-16(22)10-24-26(17)2)20(27)14-6-3-5-13(9-14)12-28-18-8-4-7-15(21)19(18)23/h3-10H,11-12H2,1-2H3. The molecule has 0 bridgehead atoms. The number of aromatic nitrogens is 2. The summed E-state index contributed by atoms with van der Waals surface area (Å²) in [6.45, 7) is 0.617. The summed E-state index contributed by atoms with van der Waals surface area (Å²) in [5, 5.41) is 5.42. The molecule has 2 aromatic carbocycles. The van der Waals surface area contributed by atoms with Gasteiger partial charge in [0.15, 0.2) is 0 Å². The predicted molar refractivity (Wildman–Crippen MR) is 111 cm³/mol. The smallest absolute Gasteiger partial charge is 0.253 e. The van der Waals surface area contributed by atoms with Gasteiger partial charge in [0.05, 0.1) is 28.5 Å². The molecule has 28 heavy (non-hydrogen) atoms. The first-order valence-electron chi connectivity index (χ1n) is 8.44. The van der Waals surface area contributed by atoms with Gasteiger partial charge in [-0.05, 0) is 29.8 Å². The second kappa shape index (κ2) is 8.86. The first kappa shape index (κ1) is 20.5. The molecule has 0 saturated heterocycles. The Morgan fingerprint density at radius 2 is 1.89 bits per heavy atom. The van der Waals surface area contributed by atoms with Gasteiger partial charge in [-0.3, -0.25) is 9.48 Å². The van der Waals surface area contributed by atoms with E-state index < -0.39 is 0 Å². The van der Waals surface area contributed by atoms with Gasteiger partial charge >= 0.3 is 0 Å². The Balaban J connectivity index is 1.70. The highest BCUT2D eigenvalue weighted by Crippen LogP contribution is 2.32. The molecule has 0 saturated carbocycles. The van der Waals surface area contributed by atoms with Crippen molar-refractivity contribution in [1.29, 1.82) is 0 Å². The Labute approximate surface area is 178 Å². The van der Waals surface area contributed by atoms with E-state index in [2.05, 4.69) is 5.10 Å². The molecule has 0 aliphatic heterocycles. The summed E-state index contributed by atoms with van der Waals surface area (Å²) in [5.74, 6) is 0.369. The molecule has 0 atom stereocenters. The minimum Gasteiger partial charge on any atom is -0.487 e. The zero-order valence-corrected chi connectivity index (χ0v) is 17.6. The number of hydrogen-bond acceptors (Lipinski definition) is 3. The Hall–Kier alpha value is -2.21. The fourth-order valence-electron chi connectivity index (χ4n) is 2.68. The van der Waals surface area contributed by atoms with Gasteiger partial charge in [-0.1, -0.05) is 53.0 Å². The number of amides is 1. The highest BCUT2D eigenvalue weighted by atomic mass is 35.5. The van der Waals surface area contributed by atoms with Crippen LogP contribution in [0.15, 0.2) is 48.7 Å². The van der Waals surface area contributed by atoms with Crippen LogP contribution in [0, 0.1) is 0 Å². The van der Waals surface area contributed by atoms with Crippen LogP contribution in [0.5, 0.6) is 5.75 Å². The van der Waals surface area contributed by atoms with Crippen molar-refractivity contribution in [3.8, 4) is 5.75 Å². The number of rotatable bonds is 6. The number of halogens is 3. The third kappa shape index (κ3) is 4.61. The molecular formula is C20H18Cl3N3O2. The van der Waals surface area contributed by atoms with Gasteiger partial charge in [0.1, 0.15) is 17.4 Å². The molecule has 0 spiro atoms. The second-order valence-corrected chi connectivity index (χ2v) is 7.46. The molecular weight excluding hydrogens is 421 g/mol. The van der Waals surface area contributed by atoms with Crippen molar-refractivity contribution in [3.05, 3.63) is 80.6 Å². The molecule has 1 amide bonds. The summed E-state index contributed by atoms with van der Waals surface area (Å²) in [5.41, 5.74) is 2.17. The summed E-state index contributed by atoms with van der Waals surface area (Å²) in [6, 6.07) is 12.5. The zero-order valence-electron chi connectivity index (χ0n) is 15.3. The van der Waals surface area contributed by atoms with E-state index in [-0.39, 0.29) is 12.5 Å². The van der Waals surface area contributed by atoms with Crippen LogP contribution in [0.1, 0.15) is 21.6 Å². The average Bonchev–Trinajstić information content (AvgIpc) is 3.00. The molecule has 146 valence electrons. The van der Waals surface area contributed by atoms with Gasteiger partial charge in [-0.25, -0.2) is 0 Å². The number of ether oxygens (including phenoxy) is 1. The Morgan fingerprint density at radius 1 is 1.14 bits per heavy atom. The number of benzene rings is 2. The van der Waals surface area contributed by atoms with Gasteiger partial charge in [0, 0.05) is 19.7 Å². The topological polar surface area (TPSA) is 47.4 Å². The Kier molecular flexibility index (Phi) is 6.50. The number of aryl methyl sites for hydroxylation is 1. The summed E-state index contributed by atoms with van der Waals surface area (Å²) in [4.78, 5) is 14.4. The molecule has 1 heterocycles. The minimum absolute atomic E-state index is 0.125. The molecule has 0 radical (unpaired) electrons. The van der Waals surface area contributed by atoms with E-state index in [1.807, 2.05) is 12.1 Å². The lowest BCUT2D eigenvalue weighted by molar-refractivity contribution is 0.0782. The van der Waals surface area contributed by atoms with Crippen molar-refractivity contribution >= 4 is 40.7 Å². The maximum Gasteiger partial charge on any atom is 0.253 e. The van der Waals surface area contributed by atoms with Crippen molar-refractivity contribution in [3.63, 3.8) is 0 Å². The maximum absolute atomic E-state index is 12.8. The van der Waals surface area contributed by atoms with Crippen molar-refractivity contribution < 1.29 is 9.53 Å². The van der Waals surface area contributed by atoms with Crippen LogP contribution >= 0.6 is 34.8 Å². The van der Waals surface area contributed by atoms with Gasteiger partial charge in [0.2, 0.25) is 0 Å². The van der Waals surface area contributed by atoms with Crippen molar-refractivity contribution in [2.45, 2.75) is 13.2 Å². The van der Waals surface area contributed by atoms with Crippen LogP contribution in [0.25, 0.3) is 0 Å². The molecule has 0 aliphatic rings. The van der Waals surface area contributed by atoms with Crippen LogP contribution in [0.4, 0.5) is 0 Å². The minimum atomic E-state index is -0.125. The highest BCUT2D eigenvalue weighted by Gasteiger charge is 2.16. The molecule has 0 unspecified atom stereocenters. The number of carbonyl (C=O) groups excluding carboxylic acids is 1. The average molecular weight is 439 g/mol. The summed E-state index contributed by atoms with van der Waals surface area (Å²) in [6.07, 6.45) is 1.56. The van der Waals surface area contributed by atoms with Crippen LogP contribution in [-0.4, -0.2) is 27.6 Å². The van der Waals surface area contributed by atoms with Gasteiger partial charge in [-0.2, -0.15) is 5.10 Å². The van der Waals surface area contributed by atoms with E-state index in [0.717, 1.165) is 11.3 Å². The van der Waals surface area contributed by atoms with Crippen LogP contribution in [0.3, 0.4) is 0 Å². The van der Waals surface area contributed by atoms with E-state index in [0.29, 0.717) is 32.9 Å². The Morgan fingerprint density at radius 3 is 2.61 bits per heavy atom. The van der Waals surface area contributed by atoms with E-state index >= 15 is 0 Å². The third-order valence-electron chi connectivity index (χ3n) is 4.23. The van der Waals surface area contributed by atoms with E-state index in [1.54, 1.807) is 60.2 Å². The predicted octanol–water partition coefficient (Wildman–Crippen LogP) is 5.23. The lowest BCUT2D eigenvalue weighted by Crippen LogP contribution is -2.27.